The van der Waals surface area contributed by atoms with Gasteiger partial charge in [-0.1, -0.05) is 0 Å². The normalized spacial score (nSPS) is 22.0. The smallest absolute Gasteiger partial charge is 0.222 e. The molecule has 0 unspecified atom stereocenters. The predicted octanol–water partition coefficient (Wildman–Crippen LogP) is 1.83. The van der Waals surface area contributed by atoms with Gasteiger partial charge in [-0.2, -0.15) is 4.98 Å². The van der Waals surface area contributed by atoms with Crippen molar-refractivity contribution in [2.45, 2.75) is 24.8 Å². The van der Waals surface area contributed by atoms with Gasteiger partial charge in [-0.25, -0.2) is 4.98 Å². The zero-order valence-corrected chi connectivity index (χ0v) is 16.1. The van der Waals surface area contributed by atoms with Crippen molar-refractivity contribution in [1.82, 2.24) is 15.0 Å². The zero-order valence-electron chi connectivity index (χ0n) is 14.5. The van der Waals surface area contributed by atoms with Crippen molar-refractivity contribution < 1.29 is 0 Å². The molecular formula is C17H25Cl2N7. The maximum absolute atomic E-state index is 5.94. The summed E-state index contributed by atoms with van der Waals surface area (Å²) in [4.78, 5) is 17.6. The molecule has 2 aliphatic rings. The van der Waals surface area contributed by atoms with Crippen LogP contribution in [0.4, 0.5) is 17.5 Å². The number of halogens is 2. The number of pyridine rings is 1. The number of anilines is 3. The number of nitrogens with two attached hydrogens (primary N) is 2. The predicted molar refractivity (Wildman–Crippen MR) is 110 cm³/mol. The summed E-state index contributed by atoms with van der Waals surface area (Å²) >= 11 is 0. The van der Waals surface area contributed by atoms with Gasteiger partial charge in [0.15, 0.2) is 0 Å². The van der Waals surface area contributed by atoms with Crippen molar-refractivity contribution in [3.05, 3.63) is 36.3 Å². The van der Waals surface area contributed by atoms with E-state index in [0.717, 1.165) is 50.5 Å². The summed E-state index contributed by atoms with van der Waals surface area (Å²) < 4.78 is 0. The molecule has 7 nitrogen and oxygen atoms in total. The molecule has 2 aromatic heterocycles. The van der Waals surface area contributed by atoms with E-state index in [2.05, 4.69) is 43.0 Å². The first kappa shape index (κ1) is 20.5. The first-order valence-electron chi connectivity index (χ1n) is 8.49. The average molecular weight is 398 g/mol. The first-order chi connectivity index (χ1) is 11.7. The topological polar surface area (TPSA) is 97.2 Å². The molecule has 0 amide bonds. The molecule has 2 aromatic rings. The quantitative estimate of drug-likeness (QED) is 0.814. The average Bonchev–Trinajstić information content (AvgIpc) is 2.59. The van der Waals surface area contributed by atoms with Crippen LogP contribution in [0, 0.1) is 0 Å². The van der Waals surface area contributed by atoms with Gasteiger partial charge in [-0.15, -0.1) is 24.8 Å². The van der Waals surface area contributed by atoms with Crippen LogP contribution >= 0.6 is 24.8 Å². The van der Waals surface area contributed by atoms with E-state index in [-0.39, 0.29) is 24.8 Å². The lowest BCUT2D eigenvalue weighted by atomic mass is 9.78. The second kappa shape index (κ2) is 8.70. The van der Waals surface area contributed by atoms with Crippen LogP contribution in [0.25, 0.3) is 0 Å². The van der Waals surface area contributed by atoms with Crippen LogP contribution in [0.2, 0.25) is 0 Å². The van der Waals surface area contributed by atoms with E-state index in [4.69, 9.17) is 11.5 Å². The Bertz CT molecular complexity index is 702. The fourth-order valence-corrected chi connectivity index (χ4v) is 3.49. The van der Waals surface area contributed by atoms with E-state index in [1.54, 1.807) is 0 Å². The van der Waals surface area contributed by atoms with Crippen LogP contribution in [0.1, 0.15) is 24.5 Å². The molecule has 1 aliphatic carbocycles. The van der Waals surface area contributed by atoms with Crippen LogP contribution in [-0.4, -0.2) is 47.2 Å². The van der Waals surface area contributed by atoms with E-state index in [9.17, 15) is 0 Å². The van der Waals surface area contributed by atoms with Crippen LogP contribution in [0.5, 0.6) is 0 Å². The maximum atomic E-state index is 5.94. The Morgan fingerprint density at radius 3 is 2.15 bits per heavy atom. The van der Waals surface area contributed by atoms with E-state index in [0.29, 0.717) is 17.9 Å². The number of nitrogen functional groups attached to an aromatic ring is 1. The van der Waals surface area contributed by atoms with E-state index >= 15 is 0 Å². The summed E-state index contributed by atoms with van der Waals surface area (Å²) in [5.41, 5.74) is 14.1. The Labute approximate surface area is 166 Å². The minimum absolute atomic E-state index is 0. The van der Waals surface area contributed by atoms with Gasteiger partial charge in [0.1, 0.15) is 5.82 Å². The van der Waals surface area contributed by atoms with Crippen molar-refractivity contribution in [1.29, 1.82) is 0 Å². The third kappa shape index (κ3) is 4.28. The van der Waals surface area contributed by atoms with Crippen molar-refractivity contribution >= 4 is 42.3 Å². The number of rotatable bonds is 3. The molecule has 1 saturated carbocycles. The van der Waals surface area contributed by atoms with Crippen LogP contribution in [0.3, 0.4) is 0 Å². The Hall–Kier alpha value is -1.83. The number of aromatic nitrogens is 3. The van der Waals surface area contributed by atoms with Gasteiger partial charge in [-0.05, 0) is 25.0 Å². The molecule has 1 aliphatic heterocycles. The fourth-order valence-electron chi connectivity index (χ4n) is 3.49. The summed E-state index contributed by atoms with van der Waals surface area (Å²) in [5, 5.41) is 0. The van der Waals surface area contributed by atoms with Gasteiger partial charge < -0.3 is 21.3 Å². The molecule has 3 heterocycles. The van der Waals surface area contributed by atoms with Crippen molar-refractivity contribution in [3.8, 4) is 0 Å². The molecule has 0 bridgehead atoms. The molecule has 0 spiro atoms. The third-order valence-electron chi connectivity index (χ3n) is 4.97. The monoisotopic (exact) mass is 397 g/mol. The highest BCUT2D eigenvalue weighted by Gasteiger charge is 2.29. The molecule has 9 heteroatoms. The molecule has 4 rings (SSSR count). The second-order valence-corrected chi connectivity index (χ2v) is 6.62. The highest BCUT2D eigenvalue weighted by atomic mass is 35.5. The molecule has 142 valence electrons. The lowest BCUT2D eigenvalue weighted by molar-refractivity contribution is 0.345. The molecule has 2 fully saturated rings. The zero-order chi connectivity index (χ0) is 16.5. The van der Waals surface area contributed by atoms with Gasteiger partial charge in [0.05, 0.1) is 5.69 Å². The molecule has 26 heavy (non-hydrogen) atoms. The largest absolute Gasteiger partial charge is 0.368 e. The number of nitrogens with zero attached hydrogens (tertiary/aromatic N) is 5. The standard InChI is InChI=1S/C17H23N7.2ClH/c18-13-9-12(10-13)15-11-16(22-17(19)21-15)24-7-5-23(6-8-24)14-1-3-20-4-2-14;;/h1-4,11-13H,5-10,18H2,(H2,19,21,22);2*1H. The molecule has 1 saturated heterocycles. The van der Waals surface area contributed by atoms with E-state index < -0.39 is 0 Å². The summed E-state index contributed by atoms with van der Waals surface area (Å²) in [6, 6.07) is 6.50. The Morgan fingerprint density at radius 2 is 1.54 bits per heavy atom. The minimum Gasteiger partial charge on any atom is -0.368 e. The molecule has 0 atom stereocenters. The Morgan fingerprint density at radius 1 is 0.923 bits per heavy atom. The van der Waals surface area contributed by atoms with E-state index in [1.165, 1.54) is 5.69 Å². The van der Waals surface area contributed by atoms with Gasteiger partial charge in [0.25, 0.3) is 0 Å². The summed E-state index contributed by atoms with van der Waals surface area (Å²) in [7, 11) is 0. The maximum Gasteiger partial charge on any atom is 0.222 e. The van der Waals surface area contributed by atoms with Gasteiger partial charge in [0.2, 0.25) is 5.95 Å². The van der Waals surface area contributed by atoms with Crippen molar-refractivity contribution in [2.75, 3.05) is 41.7 Å². The number of piperazine rings is 1. The minimum atomic E-state index is 0. The lowest BCUT2D eigenvalue weighted by Crippen LogP contribution is -2.47. The van der Waals surface area contributed by atoms with E-state index in [1.807, 2.05) is 12.4 Å². The van der Waals surface area contributed by atoms with Gasteiger partial charge in [-0.3, -0.25) is 4.98 Å². The Balaban J connectivity index is 0.00000121. The second-order valence-electron chi connectivity index (χ2n) is 6.62. The van der Waals surface area contributed by atoms with Crippen LogP contribution in [-0.2, 0) is 0 Å². The molecule has 0 aromatic carbocycles. The van der Waals surface area contributed by atoms with Crippen molar-refractivity contribution in [2.24, 2.45) is 5.73 Å². The van der Waals surface area contributed by atoms with Crippen LogP contribution in [0.15, 0.2) is 30.6 Å². The third-order valence-corrected chi connectivity index (χ3v) is 4.97. The molecular weight excluding hydrogens is 373 g/mol. The van der Waals surface area contributed by atoms with Crippen molar-refractivity contribution in [3.63, 3.8) is 0 Å². The highest BCUT2D eigenvalue weighted by molar-refractivity contribution is 5.85. The number of hydrogen-bond donors (Lipinski definition) is 2. The highest BCUT2D eigenvalue weighted by Crippen LogP contribution is 2.36. The fraction of sp³-hybridized carbons (Fsp3) is 0.471. The summed E-state index contributed by atoms with van der Waals surface area (Å²) in [5.74, 6) is 1.73. The van der Waals surface area contributed by atoms with Crippen LogP contribution < -0.4 is 21.3 Å². The number of hydrogen-bond acceptors (Lipinski definition) is 7. The van der Waals surface area contributed by atoms with Gasteiger partial charge >= 0.3 is 0 Å². The molecule has 0 radical (unpaired) electrons. The Kier molecular flexibility index (Phi) is 6.86. The SMILES string of the molecule is Cl.Cl.Nc1nc(C2CC(N)C2)cc(N2CCN(c3ccncc3)CC2)n1. The lowest BCUT2D eigenvalue weighted by Gasteiger charge is -2.37. The first-order valence-corrected chi connectivity index (χ1v) is 8.49. The molecule has 4 N–H and O–H groups in total. The van der Waals surface area contributed by atoms with Gasteiger partial charge in [0, 0.05) is 62.3 Å². The summed E-state index contributed by atoms with van der Waals surface area (Å²) in [6.07, 6.45) is 5.66. The summed E-state index contributed by atoms with van der Waals surface area (Å²) in [6.45, 7) is 3.75.